The molecular weight excluding hydrogens is 258 g/mol. The Morgan fingerprint density at radius 3 is 2.60 bits per heavy atom. The van der Waals surface area contributed by atoms with Crippen molar-refractivity contribution in [3.8, 4) is 0 Å². The molecule has 1 aromatic rings. The van der Waals surface area contributed by atoms with Gasteiger partial charge in [-0.2, -0.15) is 0 Å². The summed E-state index contributed by atoms with van der Waals surface area (Å²) >= 11 is 0. The van der Waals surface area contributed by atoms with E-state index >= 15 is 0 Å². The summed E-state index contributed by atoms with van der Waals surface area (Å²) in [6.45, 7) is 1.93. The van der Waals surface area contributed by atoms with Crippen molar-refractivity contribution in [1.29, 1.82) is 0 Å². The number of fused-ring (bicyclic) bond motifs is 2. The summed E-state index contributed by atoms with van der Waals surface area (Å²) in [7, 11) is 0. The Morgan fingerprint density at radius 2 is 1.95 bits per heavy atom. The highest BCUT2D eigenvalue weighted by atomic mass is 16.5. The van der Waals surface area contributed by atoms with Crippen LogP contribution in [0.4, 0.5) is 5.69 Å². The van der Waals surface area contributed by atoms with Gasteiger partial charge < -0.3 is 20.0 Å². The Balaban J connectivity index is 1.78. The van der Waals surface area contributed by atoms with E-state index in [1.54, 1.807) is 6.07 Å². The molecule has 20 heavy (non-hydrogen) atoms. The van der Waals surface area contributed by atoms with Gasteiger partial charge in [-0.1, -0.05) is 12.1 Å². The first kappa shape index (κ1) is 13.1. The minimum absolute atomic E-state index is 0.294. The summed E-state index contributed by atoms with van der Waals surface area (Å²) in [5, 5.41) is 14.0. The van der Waals surface area contributed by atoms with E-state index in [0.717, 1.165) is 12.0 Å². The fraction of sp³-hybridized carbons (Fsp3) is 0.467. The fourth-order valence-electron chi connectivity index (χ4n) is 3.26. The summed E-state index contributed by atoms with van der Waals surface area (Å²) in [5.41, 5.74) is 1.71. The third-order valence-corrected chi connectivity index (χ3v) is 4.13. The van der Waals surface area contributed by atoms with Gasteiger partial charge in [-0.05, 0) is 37.5 Å². The number of benzene rings is 1. The van der Waals surface area contributed by atoms with Crippen LogP contribution in [0, 0.1) is 18.8 Å². The van der Waals surface area contributed by atoms with Crippen molar-refractivity contribution < 1.29 is 19.4 Å². The molecule has 2 heterocycles. The Kier molecular flexibility index (Phi) is 3.22. The number of carbonyl (C=O) groups excluding carboxylic acids is 2. The van der Waals surface area contributed by atoms with Crippen molar-refractivity contribution in [2.24, 2.45) is 11.8 Å². The van der Waals surface area contributed by atoms with E-state index in [0.29, 0.717) is 12.1 Å². The summed E-state index contributed by atoms with van der Waals surface area (Å²) in [6.07, 6.45) is 0.753. The van der Waals surface area contributed by atoms with Crippen LogP contribution < -0.4 is 10.4 Å². The van der Waals surface area contributed by atoms with Gasteiger partial charge in [0.05, 0.1) is 18.1 Å². The van der Waals surface area contributed by atoms with Crippen molar-refractivity contribution in [3.63, 3.8) is 0 Å². The van der Waals surface area contributed by atoms with Gasteiger partial charge in [-0.15, -0.1) is 0 Å². The largest absolute Gasteiger partial charge is 0.550 e. The first-order valence-electron chi connectivity index (χ1n) is 6.80. The molecule has 1 aromatic carbocycles. The first-order valence-corrected chi connectivity index (χ1v) is 6.80. The number of ether oxygens (including phenoxy) is 1. The average Bonchev–Trinajstić information content (AvgIpc) is 2.98. The quantitative estimate of drug-likeness (QED) is 0.869. The van der Waals surface area contributed by atoms with Crippen LogP contribution >= 0.6 is 0 Å². The standard InChI is InChI=1S/C15H17NO4/c1-8-3-2-4-9(7-8)16-14(17)12-10-5-6-11(20-10)13(12)15(18)19/h2-4,7,10-13H,5-6H2,1H3,(H,16,17)(H,18,19)/p-1/t10-,11+,12-,13-/m0/s1. The summed E-state index contributed by atoms with van der Waals surface area (Å²) < 4.78 is 5.56. The maximum absolute atomic E-state index is 12.3. The maximum Gasteiger partial charge on any atom is 0.230 e. The van der Waals surface area contributed by atoms with E-state index in [-0.39, 0.29) is 18.1 Å². The number of carboxylic acid groups (broad SMARTS) is 1. The number of hydrogen-bond acceptors (Lipinski definition) is 4. The third-order valence-electron chi connectivity index (χ3n) is 4.13. The average molecular weight is 274 g/mol. The summed E-state index contributed by atoms with van der Waals surface area (Å²) in [5.74, 6) is -2.98. The Hall–Kier alpha value is -1.88. The zero-order chi connectivity index (χ0) is 14.3. The molecule has 0 unspecified atom stereocenters. The number of hydrogen-bond donors (Lipinski definition) is 1. The molecule has 2 saturated heterocycles. The molecule has 1 N–H and O–H groups in total. The minimum Gasteiger partial charge on any atom is -0.550 e. The smallest absolute Gasteiger partial charge is 0.230 e. The predicted molar refractivity (Wildman–Crippen MR) is 69.7 cm³/mol. The van der Waals surface area contributed by atoms with Gasteiger partial charge in [-0.3, -0.25) is 4.79 Å². The molecule has 5 nitrogen and oxygen atoms in total. The highest BCUT2D eigenvalue weighted by Gasteiger charge is 2.52. The number of carbonyl (C=O) groups is 2. The second kappa shape index (κ2) is 4.90. The third kappa shape index (κ3) is 2.18. The molecule has 1 amide bonds. The highest BCUT2D eigenvalue weighted by molar-refractivity contribution is 5.96. The topological polar surface area (TPSA) is 78.5 Å². The molecule has 5 heteroatoms. The number of rotatable bonds is 3. The van der Waals surface area contributed by atoms with Crippen molar-refractivity contribution in [1.82, 2.24) is 0 Å². The number of nitrogens with one attached hydrogen (secondary N) is 1. The van der Waals surface area contributed by atoms with Crippen molar-refractivity contribution in [3.05, 3.63) is 29.8 Å². The number of amides is 1. The molecule has 4 atom stereocenters. The molecular formula is C15H16NO4-. The lowest BCUT2D eigenvalue weighted by Gasteiger charge is -2.27. The Morgan fingerprint density at radius 1 is 1.25 bits per heavy atom. The van der Waals surface area contributed by atoms with Crippen LogP contribution in [0.25, 0.3) is 0 Å². The van der Waals surface area contributed by atoms with E-state index in [1.807, 2.05) is 25.1 Å². The van der Waals surface area contributed by atoms with Crippen LogP contribution in [0.5, 0.6) is 0 Å². The van der Waals surface area contributed by atoms with Crippen LogP contribution in [-0.2, 0) is 14.3 Å². The number of carboxylic acids is 1. The van der Waals surface area contributed by atoms with Gasteiger partial charge in [0.15, 0.2) is 0 Å². The Labute approximate surface area is 116 Å². The van der Waals surface area contributed by atoms with Crippen LogP contribution in [-0.4, -0.2) is 24.1 Å². The SMILES string of the molecule is Cc1cccc(NC(=O)[C@@H]2[C@@H](C(=O)[O-])[C@H]3CC[C@@H]2O3)c1. The minimum atomic E-state index is -1.19. The first-order chi connectivity index (χ1) is 9.56. The maximum atomic E-state index is 12.3. The zero-order valence-corrected chi connectivity index (χ0v) is 11.2. The van der Waals surface area contributed by atoms with Gasteiger partial charge >= 0.3 is 0 Å². The zero-order valence-electron chi connectivity index (χ0n) is 11.2. The molecule has 2 bridgehead atoms. The van der Waals surface area contributed by atoms with Gasteiger partial charge in [0.25, 0.3) is 0 Å². The second-order valence-electron chi connectivity index (χ2n) is 5.52. The molecule has 0 aromatic heterocycles. The molecule has 0 saturated carbocycles. The van der Waals surface area contributed by atoms with Crippen molar-refractivity contribution >= 4 is 17.6 Å². The molecule has 2 aliphatic heterocycles. The second-order valence-corrected chi connectivity index (χ2v) is 5.52. The number of aliphatic carboxylic acids is 1. The Bertz CT molecular complexity index is 557. The number of aryl methyl sites for hydroxylation is 1. The van der Waals surface area contributed by atoms with E-state index < -0.39 is 17.8 Å². The van der Waals surface area contributed by atoms with E-state index in [9.17, 15) is 14.7 Å². The van der Waals surface area contributed by atoms with Gasteiger partial charge in [0.2, 0.25) is 5.91 Å². The van der Waals surface area contributed by atoms with Crippen molar-refractivity contribution in [2.75, 3.05) is 5.32 Å². The van der Waals surface area contributed by atoms with Crippen LogP contribution in [0.2, 0.25) is 0 Å². The van der Waals surface area contributed by atoms with Crippen molar-refractivity contribution in [2.45, 2.75) is 32.0 Å². The molecule has 106 valence electrons. The van der Waals surface area contributed by atoms with E-state index in [2.05, 4.69) is 5.32 Å². The number of anilines is 1. The predicted octanol–water partition coefficient (Wildman–Crippen LogP) is 0.477. The van der Waals surface area contributed by atoms with Gasteiger partial charge in [-0.25, -0.2) is 0 Å². The van der Waals surface area contributed by atoms with Crippen LogP contribution in [0.3, 0.4) is 0 Å². The van der Waals surface area contributed by atoms with E-state index in [1.165, 1.54) is 0 Å². The molecule has 0 spiro atoms. The molecule has 3 rings (SSSR count). The molecule has 2 aliphatic rings. The molecule has 2 fully saturated rings. The normalized spacial score (nSPS) is 31.2. The lowest BCUT2D eigenvalue weighted by Crippen LogP contribution is -2.46. The summed E-state index contributed by atoms with van der Waals surface area (Å²) in [4.78, 5) is 23.6. The van der Waals surface area contributed by atoms with Crippen LogP contribution in [0.1, 0.15) is 18.4 Å². The van der Waals surface area contributed by atoms with Crippen LogP contribution in [0.15, 0.2) is 24.3 Å². The lowest BCUT2D eigenvalue weighted by atomic mass is 9.78. The fourth-order valence-corrected chi connectivity index (χ4v) is 3.26. The highest BCUT2D eigenvalue weighted by Crippen LogP contribution is 2.43. The van der Waals surface area contributed by atoms with Gasteiger partial charge in [0.1, 0.15) is 0 Å². The summed E-state index contributed by atoms with van der Waals surface area (Å²) in [6, 6.07) is 7.41. The monoisotopic (exact) mass is 274 g/mol. The molecule has 0 aliphatic carbocycles. The van der Waals surface area contributed by atoms with E-state index in [4.69, 9.17) is 4.74 Å². The van der Waals surface area contributed by atoms with Gasteiger partial charge in [0, 0.05) is 17.6 Å². The molecule has 0 radical (unpaired) electrons. The lowest BCUT2D eigenvalue weighted by molar-refractivity contribution is -0.313.